The topological polar surface area (TPSA) is 89.5 Å². The number of rotatable bonds is 7. The fourth-order valence-corrected chi connectivity index (χ4v) is 12.7. The van der Waals surface area contributed by atoms with E-state index in [2.05, 4.69) is 53.8 Å². The molecule has 0 bridgehead atoms. The van der Waals surface area contributed by atoms with Crippen molar-refractivity contribution in [3.05, 3.63) is 46.0 Å². The summed E-state index contributed by atoms with van der Waals surface area (Å²) in [6, 6.07) is 6.72. The lowest BCUT2D eigenvalue weighted by molar-refractivity contribution is -0.232. The van der Waals surface area contributed by atoms with E-state index in [1.54, 1.807) is 24.3 Å². The molecule has 0 aliphatic heterocycles. The van der Waals surface area contributed by atoms with E-state index in [9.17, 15) is 19.2 Å². The number of halogens is 1. The van der Waals surface area contributed by atoms with E-state index in [4.69, 9.17) is 16.3 Å². The molecule has 4 saturated carbocycles. The van der Waals surface area contributed by atoms with Crippen molar-refractivity contribution < 1.29 is 23.9 Å². The average Bonchev–Trinajstić information content (AvgIpc) is 3.29. The smallest absolute Gasteiger partial charge is 0.302 e. The van der Waals surface area contributed by atoms with Crippen molar-refractivity contribution in [3.63, 3.8) is 0 Å². The molecule has 5 aliphatic rings. The van der Waals surface area contributed by atoms with Crippen LogP contribution >= 0.6 is 11.6 Å². The van der Waals surface area contributed by atoms with Gasteiger partial charge >= 0.3 is 5.97 Å². The van der Waals surface area contributed by atoms with Crippen LogP contribution in [0.25, 0.3) is 0 Å². The maximum Gasteiger partial charge on any atom is 0.302 e. The summed E-state index contributed by atoms with van der Waals surface area (Å²) in [7, 11) is 0. The van der Waals surface area contributed by atoms with Gasteiger partial charge in [0.15, 0.2) is 11.6 Å². The van der Waals surface area contributed by atoms with Gasteiger partial charge in [0.1, 0.15) is 6.10 Å². The van der Waals surface area contributed by atoms with Crippen LogP contribution in [0.3, 0.4) is 0 Å². The lowest BCUT2D eigenvalue weighted by Crippen LogP contribution is -2.65. The van der Waals surface area contributed by atoms with Crippen molar-refractivity contribution in [1.29, 1.82) is 0 Å². The highest BCUT2D eigenvalue weighted by molar-refractivity contribution is 6.30. The number of carbonyl (C=O) groups excluding carboxylic acids is 4. The monoisotopic (exact) mass is 677 g/mol. The summed E-state index contributed by atoms with van der Waals surface area (Å²) < 4.78 is 5.93. The van der Waals surface area contributed by atoms with Crippen LogP contribution in [0.4, 0.5) is 0 Å². The Morgan fingerprint density at radius 1 is 0.896 bits per heavy atom. The van der Waals surface area contributed by atoms with Crippen LogP contribution in [0.15, 0.2) is 35.4 Å². The van der Waals surface area contributed by atoms with Crippen molar-refractivity contribution in [3.8, 4) is 0 Å². The summed E-state index contributed by atoms with van der Waals surface area (Å²) >= 11 is 5.99. The molecule has 1 aromatic carbocycles. The number of benzene rings is 1. The summed E-state index contributed by atoms with van der Waals surface area (Å²) in [4.78, 5) is 52.5. The van der Waals surface area contributed by atoms with Gasteiger partial charge in [0.2, 0.25) is 5.91 Å². The van der Waals surface area contributed by atoms with Crippen LogP contribution in [0, 0.1) is 50.7 Å². The van der Waals surface area contributed by atoms with Gasteiger partial charge in [-0.2, -0.15) is 0 Å². The van der Waals surface area contributed by atoms with Gasteiger partial charge in [0.25, 0.3) is 0 Å². The quantitative estimate of drug-likeness (QED) is 0.230. The SMILES string of the molecule is CC(=O)O[C@H]1CC[C@]2(C)[C@H]3CC[C@@H]4C5=C(C(C)C)C(=O)C[C@]5(CC(=O)NCC(=O)c5ccc(Cl)cc5)CC[C@@]4(C)[C@]3(C)CC[C@H]2C1(C)C. The maximum atomic E-state index is 13.9. The number of hydrogen-bond acceptors (Lipinski definition) is 5. The first kappa shape index (κ1) is 35.4. The van der Waals surface area contributed by atoms with Crippen LogP contribution in [-0.2, 0) is 19.1 Å². The molecule has 6 rings (SSSR count). The van der Waals surface area contributed by atoms with Gasteiger partial charge in [-0.1, -0.05) is 65.6 Å². The van der Waals surface area contributed by atoms with Gasteiger partial charge in [-0.05, 0) is 121 Å². The van der Waals surface area contributed by atoms with Crippen LogP contribution in [0.5, 0.6) is 0 Å². The zero-order valence-electron chi connectivity index (χ0n) is 30.4. The maximum absolute atomic E-state index is 13.9. The van der Waals surface area contributed by atoms with Crippen molar-refractivity contribution in [2.45, 2.75) is 126 Å². The third kappa shape index (κ3) is 5.33. The number of allylic oxidation sites excluding steroid dienone is 2. The summed E-state index contributed by atoms with van der Waals surface area (Å²) in [6.45, 7) is 18.0. The number of carbonyl (C=O) groups is 4. The molecular weight excluding hydrogens is 622 g/mol. The van der Waals surface area contributed by atoms with Crippen LogP contribution in [0.1, 0.15) is 130 Å². The Kier molecular flexibility index (Phi) is 8.91. The Hall–Kier alpha value is -2.47. The number of Topliss-reactive ketones (excluding diaryl/α,β-unsaturated/α-hetero) is 2. The first-order valence-electron chi connectivity index (χ1n) is 18.4. The second-order valence-corrected chi connectivity index (χ2v) is 18.3. The number of amides is 1. The normalized spacial score (nSPS) is 38.4. The summed E-state index contributed by atoms with van der Waals surface area (Å²) in [5, 5.41) is 3.48. The molecule has 1 aromatic rings. The Bertz CT molecular complexity index is 1540. The molecule has 1 N–H and O–H groups in total. The molecule has 7 heteroatoms. The van der Waals surface area contributed by atoms with Crippen molar-refractivity contribution in [2.75, 3.05) is 6.54 Å². The first-order chi connectivity index (χ1) is 22.4. The third-order valence-corrected chi connectivity index (χ3v) is 15.2. The summed E-state index contributed by atoms with van der Waals surface area (Å²) in [5.74, 6) is 1.08. The Balaban J connectivity index is 1.28. The molecular formula is C41H56ClNO5. The molecule has 262 valence electrons. The molecule has 1 amide bonds. The highest BCUT2D eigenvalue weighted by Gasteiger charge is 2.70. The van der Waals surface area contributed by atoms with E-state index in [1.165, 1.54) is 12.5 Å². The fourth-order valence-electron chi connectivity index (χ4n) is 12.6. The molecule has 0 unspecified atom stereocenters. The molecule has 0 aromatic heterocycles. The number of esters is 1. The number of ether oxygens (including phenoxy) is 1. The number of hydrogen-bond donors (Lipinski definition) is 1. The zero-order valence-corrected chi connectivity index (χ0v) is 31.1. The molecule has 4 fully saturated rings. The van der Waals surface area contributed by atoms with Crippen LogP contribution < -0.4 is 5.32 Å². The Labute approximate surface area is 292 Å². The van der Waals surface area contributed by atoms with Crippen LogP contribution in [-0.4, -0.2) is 36.1 Å². The number of nitrogens with one attached hydrogen (secondary N) is 1. The van der Waals surface area contributed by atoms with Gasteiger partial charge < -0.3 is 10.1 Å². The first-order valence-corrected chi connectivity index (χ1v) is 18.8. The van der Waals surface area contributed by atoms with Crippen molar-refractivity contribution in [1.82, 2.24) is 5.32 Å². The third-order valence-electron chi connectivity index (χ3n) is 14.9. The molecule has 6 nitrogen and oxygen atoms in total. The van der Waals surface area contributed by atoms with Gasteiger partial charge in [-0.15, -0.1) is 0 Å². The second kappa shape index (κ2) is 12.1. The number of ketones is 2. The standard InChI is InChI=1S/C41H56ClNO5/c1-24(2)35-29(45)21-41(22-34(47)43-23-30(46)26-9-11-27(42)12-10-26)20-19-39(7)28(36(35)41)13-14-32-38(6)17-16-33(48-25(3)44)37(4,5)31(38)15-18-40(32,39)8/h9-12,24,28,31-33H,13-23H2,1-8H3,(H,43,47)/t28-,31+,32-,33+,38+,39-,40-,41+/m1/s1. The van der Waals surface area contributed by atoms with E-state index in [-0.39, 0.29) is 76.0 Å². The van der Waals surface area contributed by atoms with E-state index >= 15 is 0 Å². The molecule has 8 atom stereocenters. The molecule has 0 radical (unpaired) electrons. The largest absolute Gasteiger partial charge is 0.462 e. The van der Waals surface area contributed by atoms with Crippen molar-refractivity contribution >= 4 is 35.0 Å². The van der Waals surface area contributed by atoms with E-state index < -0.39 is 5.41 Å². The minimum atomic E-state index is -0.483. The molecule has 0 heterocycles. The van der Waals surface area contributed by atoms with Gasteiger partial charge in [-0.3, -0.25) is 19.2 Å². The van der Waals surface area contributed by atoms with E-state index in [0.717, 1.165) is 56.9 Å². The fraction of sp³-hybridized carbons (Fsp3) is 0.707. The lowest BCUT2D eigenvalue weighted by atomic mass is 9.33. The van der Waals surface area contributed by atoms with E-state index in [1.807, 2.05) is 0 Å². The highest BCUT2D eigenvalue weighted by atomic mass is 35.5. The van der Waals surface area contributed by atoms with Crippen molar-refractivity contribution in [2.24, 2.45) is 50.7 Å². The highest BCUT2D eigenvalue weighted by Crippen LogP contribution is 2.77. The average molecular weight is 678 g/mol. The Morgan fingerprint density at radius 2 is 1.58 bits per heavy atom. The van der Waals surface area contributed by atoms with Crippen LogP contribution in [0.2, 0.25) is 5.02 Å². The minimum Gasteiger partial charge on any atom is -0.462 e. The van der Waals surface area contributed by atoms with Gasteiger partial charge in [0.05, 0.1) is 6.54 Å². The summed E-state index contributed by atoms with van der Waals surface area (Å²) in [5.41, 5.74) is 2.43. The second-order valence-electron chi connectivity index (χ2n) is 17.8. The predicted molar refractivity (Wildman–Crippen MR) is 188 cm³/mol. The van der Waals surface area contributed by atoms with E-state index in [0.29, 0.717) is 28.8 Å². The zero-order chi connectivity index (χ0) is 35.0. The molecule has 48 heavy (non-hydrogen) atoms. The lowest BCUT2D eigenvalue weighted by Gasteiger charge is -2.72. The van der Waals surface area contributed by atoms with Gasteiger partial charge in [0, 0.05) is 41.2 Å². The Morgan fingerprint density at radius 3 is 2.23 bits per heavy atom. The number of fused-ring (bicyclic) bond motifs is 7. The molecule has 5 aliphatic carbocycles. The minimum absolute atomic E-state index is 0.00535. The molecule has 0 saturated heterocycles. The summed E-state index contributed by atoms with van der Waals surface area (Å²) in [6.07, 6.45) is 8.75. The predicted octanol–water partition coefficient (Wildman–Crippen LogP) is 8.94. The van der Waals surface area contributed by atoms with Gasteiger partial charge in [-0.25, -0.2) is 0 Å². The molecule has 0 spiro atoms.